The number of benzene rings is 2. The zero-order valence-electron chi connectivity index (χ0n) is 14.1. The Morgan fingerprint density at radius 2 is 1.76 bits per heavy atom. The molecule has 1 aliphatic carbocycles. The molecule has 1 heterocycles. The Labute approximate surface area is 148 Å². The average molecular weight is 328 g/mol. The van der Waals surface area contributed by atoms with E-state index in [1.165, 1.54) is 16.8 Å². The number of hydrogen-bond donors (Lipinski definition) is 0. The smallest absolute Gasteiger partial charge is 0.120 e. The lowest BCUT2D eigenvalue weighted by Crippen LogP contribution is -2.26. The normalized spacial score (nSPS) is 15.5. The van der Waals surface area contributed by atoms with Gasteiger partial charge in [0.25, 0.3) is 0 Å². The predicted octanol–water partition coefficient (Wildman–Crippen LogP) is 3.99. The maximum absolute atomic E-state index is 8.85. The van der Waals surface area contributed by atoms with Gasteiger partial charge in [-0.25, -0.2) is 0 Å². The van der Waals surface area contributed by atoms with Crippen LogP contribution in [-0.2, 0) is 19.4 Å². The summed E-state index contributed by atoms with van der Waals surface area (Å²) >= 11 is 0. The molecule has 0 fully saturated rings. The van der Waals surface area contributed by atoms with Gasteiger partial charge in [0.15, 0.2) is 0 Å². The van der Waals surface area contributed by atoms with Crippen molar-refractivity contribution in [3.8, 4) is 11.8 Å². The van der Waals surface area contributed by atoms with Crippen LogP contribution in [0.25, 0.3) is 0 Å². The van der Waals surface area contributed by atoms with Crippen LogP contribution in [0.5, 0.6) is 5.75 Å². The monoisotopic (exact) mass is 328 g/mol. The number of fused-ring (bicyclic) bond motifs is 1. The zero-order chi connectivity index (χ0) is 17.1. The molecule has 0 bridgehead atoms. The molecule has 25 heavy (non-hydrogen) atoms. The van der Waals surface area contributed by atoms with Crippen LogP contribution < -0.4 is 4.74 Å². The largest absolute Gasteiger partial charge is 0.489 e. The minimum Gasteiger partial charge on any atom is -0.489 e. The highest BCUT2D eigenvalue weighted by Crippen LogP contribution is 2.25. The zero-order valence-corrected chi connectivity index (χ0v) is 14.1. The Balaban J connectivity index is 1.41. The van der Waals surface area contributed by atoms with E-state index in [-0.39, 0.29) is 0 Å². The first-order valence-electron chi connectivity index (χ1n) is 8.69. The second-order valence-corrected chi connectivity index (χ2v) is 6.47. The Hall–Kier alpha value is -2.99. The first-order valence-corrected chi connectivity index (χ1v) is 8.69. The fourth-order valence-corrected chi connectivity index (χ4v) is 3.28. The third-order valence-corrected chi connectivity index (χ3v) is 4.87. The van der Waals surface area contributed by atoms with Crippen molar-refractivity contribution in [2.45, 2.75) is 19.4 Å². The van der Waals surface area contributed by atoms with Crippen molar-refractivity contribution >= 4 is 0 Å². The van der Waals surface area contributed by atoms with E-state index in [2.05, 4.69) is 47.4 Å². The molecule has 0 saturated carbocycles. The van der Waals surface area contributed by atoms with Crippen LogP contribution in [0, 0.1) is 11.3 Å². The molecule has 0 N–H and O–H groups in total. The Kier molecular flexibility index (Phi) is 4.26. The van der Waals surface area contributed by atoms with Gasteiger partial charge in [-0.05, 0) is 65.9 Å². The average Bonchev–Trinajstić information content (AvgIpc) is 2.81. The van der Waals surface area contributed by atoms with Crippen molar-refractivity contribution in [2.24, 2.45) is 0 Å². The lowest BCUT2D eigenvalue weighted by atomic mass is 10.0. The molecule has 124 valence electrons. The molecule has 0 amide bonds. The quantitative estimate of drug-likeness (QED) is 0.851. The van der Waals surface area contributed by atoms with Gasteiger partial charge in [-0.1, -0.05) is 24.3 Å². The predicted molar refractivity (Wildman–Crippen MR) is 98.1 cm³/mol. The van der Waals surface area contributed by atoms with E-state index in [0.717, 1.165) is 37.2 Å². The first kappa shape index (κ1) is 15.5. The van der Waals surface area contributed by atoms with Crippen LogP contribution in [0.2, 0.25) is 0 Å². The molecule has 1 aliphatic heterocycles. The summed E-state index contributed by atoms with van der Waals surface area (Å²) in [5.41, 5.74) is 5.92. The van der Waals surface area contributed by atoms with E-state index in [4.69, 9.17) is 10.00 Å². The van der Waals surface area contributed by atoms with Gasteiger partial charge in [-0.2, -0.15) is 5.26 Å². The summed E-state index contributed by atoms with van der Waals surface area (Å²) in [7, 11) is 0. The van der Waals surface area contributed by atoms with E-state index in [9.17, 15) is 0 Å². The van der Waals surface area contributed by atoms with Gasteiger partial charge in [0.2, 0.25) is 0 Å². The van der Waals surface area contributed by atoms with E-state index < -0.39 is 0 Å². The summed E-state index contributed by atoms with van der Waals surface area (Å²) in [4.78, 5) is 2.46. The molecular formula is C22H20N2O. The summed E-state index contributed by atoms with van der Waals surface area (Å²) in [6.45, 7) is 2.66. The van der Waals surface area contributed by atoms with Crippen molar-refractivity contribution < 1.29 is 4.74 Å². The van der Waals surface area contributed by atoms with Crippen molar-refractivity contribution in [2.75, 3.05) is 13.1 Å². The molecule has 2 aliphatic rings. The standard InChI is InChI=1S/C22H20N2O/c23-15-17-4-6-18(7-5-17)16-25-22-9-8-19-10-12-24(21-2-1-3-21)13-11-20(19)14-22/h1-9,14H,10-13,16H2. The van der Waals surface area contributed by atoms with Gasteiger partial charge in [-0.15, -0.1) is 0 Å². The Morgan fingerprint density at radius 1 is 1.00 bits per heavy atom. The van der Waals surface area contributed by atoms with Gasteiger partial charge in [0, 0.05) is 18.8 Å². The molecule has 0 atom stereocenters. The molecule has 0 unspecified atom stereocenters. The molecular weight excluding hydrogens is 308 g/mol. The summed E-state index contributed by atoms with van der Waals surface area (Å²) < 4.78 is 5.96. The number of ether oxygens (including phenoxy) is 1. The van der Waals surface area contributed by atoms with Gasteiger partial charge >= 0.3 is 0 Å². The molecule has 2 aromatic rings. The lowest BCUT2D eigenvalue weighted by Gasteiger charge is -2.26. The maximum atomic E-state index is 8.85. The first-order chi connectivity index (χ1) is 12.3. The number of nitrogens with zero attached hydrogens (tertiary/aromatic N) is 2. The highest BCUT2D eigenvalue weighted by atomic mass is 16.5. The molecule has 0 saturated heterocycles. The van der Waals surface area contributed by atoms with Crippen LogP contribution in [0.1, 0.15) is 22.3 Å². The molecule has 3 heteroatoms. The van der Waals surface area contributed by atoms with Crippen LogP contribution in [-0.4, -0.2) is 18.0 Å². The second-order valence-electron chi connectivity index (χ2n) is 6.47. The highest BCUT2D eigenvalue weighted by Gasteiger charge is 2.16. The number of nitriles is 1. The van der Waals surface area contributed by atoms with Crippen LogP contribution >= 0.6 is 0 Å². The van der Waals surface area contributed by atoms with Crippen molar-refractivity contribution in [1.82, 2.24) is 4.90 Å². The van der Waals surface area contributed by atoms with E-state index in [0.29, 0.717) is 12.2 Å². The van der Waals surface area contributed by atoms with E-state index in [1.54, 1.807) is 0 Å². The third kappa shape index (κ3) is 3.44. The van der Waals surface area contributed by atoms with Crippen LogP contribution in [0.3, 0.4) is 0 Å². The fourth-order valence-electron chi connectivity index (χ4n) is 3.28. The van der Waals surface area contributed by atoms with Gasteiger partial charge in [0.05, 0.1) is 11.6 Å². The second kappa shape index (κ2) is 6.86. The highest BCUT2D eigenvalue weighted by molar-refractivity contribution is 5.39. The van der Waals surface area contributed by atoms with Crippen LogP contribution in [0.15, 0.2) is 66.4 Å². The van der Waals surface area contributed by atoms with Crippen molar-refractivity contribution in [1.29, 1.82) is 5.26 Å². The minimum absolute atomic E-state index is 0.522. The maximum Gasteiger partial charge on any atom is 0.120 e. The minimum atomic E-state index is 0.522. The van der Waals surface area contributed by atoms with Gasteiger partial charge in [0.1, 0.15) is 12.4 Å². The van der Waals surface area contributed by atoms with Crippen LogP contribution in [0.4, 0.5) is 0 Å². The summed E-state index contributed by atoms with van der Waals surface area (Å²) in [5.74, 6) is 0.916. The van der Waals surface area contributed by atoms with Crippen molar-refractivity contribution in [3.63, 3.8) is 0 Å². The van der Waals surface area contributed by atoms with Gasteiger partial charge in [-0.3, -0.25) is 0 Å². The molecule has 2 aromatic carbocycles. The molecule has 3 nitrogen and oxygen atoms in total. The summed E-state index contributed by atoms with van der Waals surface area (Å²) in [6, 6.07) is 16.1. The van der Waals surface area contributed by atoms with E-state index >= 15 is 0 Å². The topological polar surface area (TPSA) is 36.3 Å². The van der Waals surface area contributed by atoms with E-state index in [1.807, 2.05) is 24.3 Å². The number of allylic oxidation sites excluding steroid dienone is 3. The fraction of sp³-hybridized carbons (Fsp3) is 0.227. The molecule has 4 rings (SSSR count). The van der Waals surface area contributed by atoms with Crippen molar-refractivity contribution in [3.05, 3.63) is 88.6 Å². The molecule has 0 radical (unpaired) electrons. The number of rotatable bonds is 4. The molecule has 0 aromatic heterocycles. The summed E-state index contributed by atoms with van der Waals surface area (Å²) in [6.07, 6.45) is 8.59. The Bertz CT molecular complexity index is 872. The SMILES string of the molecule is N#Cc1ccc(COc2ccc3c(c2)CCN(C2=CC=C2)CC3)cc1. The Morgan fingerprint density at radius 3 is 2.44 bits per heavy atom. The number of hydrogen-bond acceptors (Lipinski definition) is 3. The summed E-state index contributed by atoms with van der Waals surface area (Å²) in [5, 5.41) is 8.85. The molecule has 0 spiro atoms. The van der Waals surface area contributed by atoms with Gasteiger partial charge < -0.3 is 9.64 Å². The third-order valence-electron chi connectivity index (χ3n) is 4.87. The lowest BCUT2D eigenvalue weighted by molar-refractivity contribution is 0.306.